The van der Waals surface area contributed by atoms with E-state index in [9.17, 15) is 10.2 Å². The van der Waals surface area contributed by atoms with Crippen molar-refractivity contribution in [2.75, 3.05) is 5.32 Å². The number of aromatic hydroxyl groups is 2. The van der Waals surface area contributed by atoms with Crippen LogP contribution in [-0.2, 0) is 0 Å². The van der Waals surface area contributed by atoms with Gasteiger partial charge in [-0.25, -0.2) is 4.98 Å². The van der Waals surface area contributed by atoms with E-state index in [0.717, 1.165) is 11.3 Å². The van der Waals surface area contributed by atoms with Crippen molar-refractivity contribution in [2.45, 2.75) is 13.0 Å². The molecule has 0 fully saturated rings. The monoisotopic (exact) mass is 264 g/mol. The second-order valence-corrected chi connectivity index (χ2v) is 4.40. The minimum atomic E-state index is -0.0820. The summed E-state index contributed by atoms with van der Waals surface area (Å²) in [5.74, 6) is 0.0674. The molecule has 94 valence electrons. The molecule has 0 saturated heterocycles. The number of rotatable bonds is 3. The molecule has 0 saturated carbocycles. The molecule has 0 aliphatic rings. The highest BCUT2D eigenvalue weighted by atomic mass is 35.5. The molecule has 2 aromatic rings. The van der Waals surface area contributed by atoms with Gasteiger partial charge in [-0.1, -0.05) is 11.6 Å². The van der Waals surface area contributed by atoms with Gasteiger partial charge in [0.05, 0.1) is 0 Å². The normalized spacial score (nSPS) is 12.1. The summed E-state index contributed by atoms with van der Waals surface area (Å²) in [4.78, 5) is 3.89. The third kappa shape index (κ3) is 3.05. The first kappa shape index (κ1) is 12.5. The van der Waals surface area contributed by atoms with Gasteiger partial charge in [0.2, 0.25) is 0 Å². The van der Waals surface area contributed by atoms with Gasteiger partial charge >= 0.3 is 0 Å². The SMILES string of the molecule is CC(Nc1ccnc(Cl)c1)c1cc(O)cc(O)c1. The van der Waals surface area contributed by atoms with Crippen LogP contribution in [0.4, 0.5) is 5.69 Å². The van der Waals surface area contributed by atoms with E-state index < -0.39 is 0 Å². The lowest BCUT2D eigenvalue weighted by molar-refractivity contribution is 0.448. The summed E-state index contributed by atoms with van der Waals surface area (Å²) in [6.07, 6.45) is 1.61. The summed E-state index contributed by atoms with van der Waals surface area (Å²) in [7, 11) is 0. The zero-order valence-corrected chi connectivity index (χ0v) is 10.5. The number of pyridine rings is 1. The van der Waals surface area contributed by atoms with Crippen molar-refractivity contribution >= 4 is 17.3 Å². The Kier molecular flexibility index (Phi) is 3.58. The smallest absolute Gasteiger partial charge is 0.131 e. The number of nitrogens with zero attached hydrogens (tertiary/aromatic N) is 1. The fraction of sp³-hybridized carbons (Fsp3) is 0.154. The summed E-state index contributed by atoms with van der Waals surface area (Å²) >= 11 is 5.79. The number of phenolic OH excluding ortho intramolecular Hbond substituents is 2. The van der Waals surface area contributed by atoms with E-state index in [1.807, 2.05) is 6.92 Å². The van der Waals surface area contributed by atoms with E-state index in [0.29, 0.717) is 5.15 Å². The number of aromatic nitrogens is 1. The van der Waals surface area contributed by atoms with Crippen molar-refractivity contribution in [1.29, 1.82) is 0 Å². The molecule has 1 aromatic carbocycles. The largest absolute Gasteiger partial charge is 0.508 e. The van der Waals surface area contributed by atoms with E-state index in [1.54, 1.807) is 30.5 Å². The van der Waals surface area contributed by atoms with E-state index in [-0.39, 0.29) is 17.5 Å². The molecule has 18 heavy (non-hydrogen) atoms. The molecule has 2 rings (SSSR count). The van der Waals surface area contributed by atoms with Gasteiger partial charge in [0.1, 0.15) is 16.7 Å². The van der Waals surface area contributed by atoms with Crippen LogP contribution in [0.15, 0.2) is 36.5 Å². The Labute approximate surface area is 110 Å². The summed E-state index contributed by atoms with van der Waals surface area (Å²) < 4.78 is 0. The number of hydrogen-bond donors (Lipinski definition) is 3. The van der Waals surface area contributed by atoms with Crippen molar-refractivity contribution in [1.82, 2.24) is 4.98 Å². The van der Waals surface area contributed by atoms with Crippen molar-refractivity contribution in [3.8, 4) is 11.5 Å². The first-order valence-corrected chi connectivity index (χ1v) is 5.83. The van der Waals surface area contributed by atoms with Crippen LogP contribution in [0, 0.1) is 0 Å². The van der Waals surface area contributed by atoms with E-state index in [2.05, 4.69) is 10.3 Å². The van der Waals surface area contributed by atoms with Gasteiger partial charge in [-0.2, -0.15) is 0 Å². The number of phenols is 2. The standard InChI is InChI=1S/C13H13ClN2O2/c1-8(9-4-11(17)7-12(18)5-9)16-10-2-3-15-13(14)6-10/h2-8,17-18H,1H3,(H,15,16). The maximum atomic E-state index is 9.43. The lowest BCUT2D eigenvalue weighted by Crippen LogP contribution is -2.06. The van der Waals surface area contributed by atoms with Gasteiger partial charge in [-0.15, -0.1) is 0 Å². The molecule has 1 aromatic heterocycles. The number of nitrogens with one attached hydrogen (secondary N) is 1. The third-order valence-corrected chi connectivity index (χ3v) is 2.74. The van der Waals surface area contributed by atoms with Crippen molar-refractivity contribution in [3.63, 3.8) is 0 Å². The van der Waals surface area contributed by atoms with Gasteiger partial charge < -0.3 is 15.5 Å². The van der Waals surface area contributed by atoms with Crippen LogP contribution in [0.3, 0.4) is 0 Å². The quantitative estimate of drug-likeness (QED) is 0.744. The van der Waals surface area contributed by atoms with E-state index in [4.69, 9.17) is 11.6 Å². The maximum Gasteiger partial charge on any atom is 0.131 e. The zero-order valence-electron chi connectivity index (χ0n) is 9.76. The molecule has 1 atom stereocenters. The molecule has 1 heterocycles. The molecular formula is C13H13ClN2O2. The summed E-state index contributed by atoms with van der Waals surface area (Å²) in [6.45, 7) is 1.92. The Balaban J connectivity index is 2.19. The Morgan fingerprint density at radius 2 is 1.83 bits per heavy atom. The lowest BCUT2D eigenvalue weighted by atomic mass is 10.1. The number of hydrogen-bond acceptors (Lipinski definition) is 4. The van der Waals surface area contributed by atoms with Crippen LogP contribution in [-0.4, -0.2) is 15.2 Å². The fourth-order valence-electron chi connectivity index (χ4n) is 1.69. The first-order chi connectivity index (χ1) is 8.54. The van der Waals surface area contributed by atoms with Crippen molar-refractivity contribution < 1.29 is 10.2 Å². The predicted molar refractivity (Wildman–Crippen MR) is 71.1 cm³/mol. The van der Waals surface area contributed by atoms with Crippen LogP contribution < -0.4 is 5.32 Å². The lowest BCUT2D eigenvalue weighted by Gasteiger charge is -2.16. The minimum absolute atomic E-state index is 0.0337. The molecule has 0 radical (unpaired) electrons. The van der Waals surface area contributed by atoms with Crippen molar-refractivity contribution in [3.05, 3.63) is 47.2 Å². The van der Waals surface area contributed by atoms with Crippen LogP contribution in [0.25, 0.3) is 0 Å². The summed E-state index contributed by atoms with van der Waals surface area (Å²) in [5, 5.41) is 22.5. The molecule has 3 N–H and O–H groups in total. The summed E-state index contributed by atoms with van der Waals surface area (Å²) in [5.41, 5.74) is 1.60. The van der Waals surface area contributed by atoms with E-state index >= 15 is 0 Å². The molecule has 0 spiro atoms. The third-order valence-electron chi connectivity index (χ3n) is 2.53. The topological polar surface area (TPSA) is 65.4 Å². The molecule has 0 aliphatic carbocycles. The molecule has 0 bridgehead atoms. The number of halogens is 1. The van der Waals surface area contributed by atoms with Crippen LogP contribution in [0.2, 0.25) is 5.15 Å². The highest BCUT2D eigenvalue weighted by Crippen LogP contribution is 2.27. The predicted octanol–water partition coefficient (Wildman–Crippen LogP) is 3.32. The fourth-order valence-corrected chi connectivity index (χ4v) is 1.87. The van der Waals surface area contributed by atoms with E-state index in [1.165, 1.54) is 6.07 Å². The van der Waals surface area contributed by atoms with Gasteiger partial charge in [0.15, 0.2) is 0 Å². The van der Waals surface area contributed by atoms with Gasteiger partial charge in [-0.3, -0.25) is 0 Å². The molecule has 5 heteroatoms. The Hall–Kier alpha value is -1.94. The average Bonchev–Trinajstić information content (AvgIpc) is 2.27. The van der Waals surface area contributed by atoms with Crippen LogP contribution in [0.5, 0.6) is 11.5 Å². The van der Waals surface area contributed by atoms with Crippen LogP contribution >= 0.6 is 11.6 Å². The Morgan fingerprint density at radius 1 is 1.17 bits per heavy atom. The molecule has 0 aliphatic heterocycles. The van der Waals surface area contributed by atoms with Crippen LogP contribution in [0.1, 0.15) is 18.5 Å². The molecule has 0 amide bonds. The first-order valence-electron chi connectivity index (χ1n) is 5.45. The molecular weight excluding hydrogens is 252 g/mol. The molecule has 4 nitrogen and oxygen atoms in total. The average molecular weight is 265 g/mol. The second-order valence-electron chi connectivity index (χ2n) is 4.02. The number of benzene rings is 1. The molecule has 1 unspecified atom stereocenters. The van der Waals surface area contributed by atoms with Gasteiger partial charge in [0.25, 0.3) is 0 Å². The zero-order chi connectivity index (χ0) is 13.1. The second kappa shape index (κ2) is 5.14. The highest BCUT2D eigenvalue weighted by Gasteiger charge is 2.08. The highest BCUT2D eigenvalue weighted by molar-refractivity contribution is 6.29. The van der Waals surface area contributed by atoms with Crippen molar-refractivity contribution in [2.24, 2.45) is 0 Å². The Bertz CT molecular complexity index is 540. The minimum Gasteiger partial charge on any atom is -0.508 e. The number of anilines is 1. The maximum absolute atomic E-state index is 9.43. The summed E-state index contributed by atoms with van der Waals surface area (Å²) in [6, 6.07) is 7.91. The van der Waals surface area contributed by atoms with Gasteiger partial charge in [-0.05, 0) is 36.8 Å². The van der Waals surface area contributed by atoms with Gasteiger partial charge in [0, 0.05) is 24.0 Å². The Morgan fingerprint density at radius 3 is 2.44 bits per heavy atom.